The van der Waals surface area contributed by atoms with E-state index in [9.17, 15) is 9.90 Å². The summed E-state index contributed by atoms with van der Waals surface area (Å²) < 4.78 is 4.96. The second-order valence-electron chi connectivity index (χ2n) is 3.44. The molecule has 0 aliphatic carbocycles. The monoisotopic (exact) mass is 188 g/mol. The molecule has 1 unspecified atom stereocenters. The van der Waals surface area contributed by atoms with Crippen molar-refractivity contribution in [3.63, 3.8) is 0 Å². The van der Waals surface area contributed by atoms with Gasteiger partial charge >= 0.3 is 0 Å². The topological polar surface area (TPSA) is 66.8 Å². The van der Waals surface area contributed by atoms with E-state index in [-0.39, 0.29) is 12.4 Å². The Kier molecular flexibility index (Phi) is 2.75. The fraction of sp³-hybridized carbons (Fsp3) is 0.889. The highest BCUT2D eigenvalue weighted by Crippen LogP contribution is 2.44. The van der Waals surface area contributed by atoms with Gasteiger partial charge in [0.25, 0.3) is 0 Å². The Morgan fingerprint density at radius 1 is 1.46 bits per heavy atom. The third-order valence-corrected chi connectivity index (χ3v) is 3.14. The molecule has 0 bridgehead atoms. The minimum absolute atomic E-state index is 0.0985. The van der Waals surface area contributed by atoms with Gasteiger partial charge in [-0.15, -0.1) is 0 Å². The highest BCUT2D eigenvalue weighted by Gasteiger charge is 2.58. The van der Waals surface area contributed by atoms with E-state index in [0.717, 1.165) is 0 Å². The molecule has 1 aliphatic heterocycles. The van der Waals surface area contributed by atoms with E-state index in [4.69, 9.17) is 9.84 Å². The van der Waals surface area contributed by atoms with Gasteiger partial charge in [-0.3, -0.25) is 4.79 Å². The predicted molar refractivity (Wildman–Crippen MR) is 46.0 cm³/mol. The minimum atomic E-state index is -1.67. The third kappa shape index (κ3) is 1.21. The average molecular weight is 188 g/mol. The van der Waals surface area contributed by atoms with Crippen molar-refractivity contribution in [3.05, 3.63) is 0 Å². The molecule has 0 spiro atoms. The summed E-state index contributed by atoms with van der Waals surface area (Å²) in [6.07, 6.45) is 0.971. The quantitative estimate of drug-likeness (QED) is 0.658. The van der Waals surface area contributed by atoms with Gasteiger partial charge in [-0.05, 0) is 12.8 Å². The van der Waals surface area contributed by atoms with E-state index >= 15 is 0 Å². The molecule has 1 atom stereocenters. The molecule has 0 aromatic heterocycles. The molecule has 76 valence electrons. The van der Waals surface area contributed by atoms with E-state index in [1.807, 2.05) is 13.8 Å². The van der Waals surface area contributed by atoms with Gasteiger partial charge in [0.15, 0.2) is 5.78 Å². The summed E-state index contributed by atoms with van der Waals surface area (Å²) in [6, 6.07) is 0. The van der Waals surface area contributed by atoms with Crippen molar-refractivity contribution in [2.24, 2.45) is 5.41 Å². The molecule has 4 heteroatoms. The molecule has 4 nitrogen and oxygen atoms in total. The van der Waals surface area contributed by atoms with E-state index in [1.54, 1.807) is 0 Å². The van der Waals surface area contributed by atoms with Crippen LogP contribution in [0.15, 0.2) is 0 Å². The van der Waals surface area contributed by atoms with Gasteiger partial charge in [0.05, 0.1) is 12.0 Å². The maximum absolute atomic E-state index is 11.5. The molecular formula is C9H16O4. The van der Waals surface area contributed by atoms with Crippen LogP contribution in [0.1, 0.15) is 26.7 Å². The molecule has 0 amide bonds. The van der Waals surface area contributed by atoms with E-state index in [2.05, 4.69) is 0 Å². The Morgan fingerprint density at radius 2 is 2.00 bits per heavy atom. The van der Waals surface area contributed by atoms with E-state index in [1.165, 1.54) is 0 Å². The lowest BCUT2D eigenvalue weighted by molar-refractivity contribution is -0.247. The number of hydrogen-bond acceptors (Lipinski definition) is 4. The highest BCUT2D eigenvalue weighted by molar-refractivity contribution is 5.88. The smallest absolute Gasteiger partial charge is 0.202 e. The fourth-order valence-corrected chi connectivity index (χ4v) is 2.07. The molecule has 1 saturated heterocycles. The van der Waals surface area contributed by atoms with Crippen LogP contribution < -0.4 is 0 Å². The maximum Gasteiger partial charge on any atom is 0.202 e. The first kappa shape index (κ1) is 10.6. The summed E-state index contributed by atoms with van der Waals surface area (Å²) in [4.78, 5) is 11.5. The first-order chi connectivity index (χ1) is 6.06. The van der Waals surface area contributed by atoms with Crippen LogP contribution in [0.5, 0.6) is 0 Å². The number of hydrogen-bond donors (Lipinski definition) is 2. The Bertz CT molecular complexity index is 210. The second-order valence-corrected chi connectivity index (χ2v) is 3.44. The molecule has 0 aromatic rings. The number of aliphatic hydroxyl groups excluding tert-OH is 1. The molecule has 2 N–H and O–H groups in total. The standard InChI is InChI=1S/C9H16O4/c1-3-8(4-2)7(11)5-13-9(8,12)6-10/h10,12H,3-6H2,1-2H3. The Morgan fingerprint density at radius 3 is 2.31 bits per heavy atom. The van der Waals surface area contributed by atoms with Crippen molar-refractivity contribution in [1.29, 1.82) is 0 Å². The number of rotatable bonds is 3. The van der Waals surface area contributed by atoms with Gasteiger partial charge in [-0.1, -0.05) is 13.8 Å². The van der Waals surface area contributed by atoms with Crippen molar-refractivity contribution in [3.8, 4) is 0 Å². The van der Waals surface area contributed by atoms with Crippen molar-refractivity contribution >= 4 is 5.78 Å². The van der Waals surface area contributed by atoms with Crippen LogP contribution in [0, 0.1) is 5.41 Å². The van der Waals surface area contributed by atoms with Crippen molar-refractivity contribution in [2.45, 2.75) is 32.5 Å². The molecular weight excluding hydrogens is 172 g/mol. The van der Waals surface area contributed by atoms with Crippen LogP contribution >= 0.6 is 0 Å². The molecule has 0 aromatic carbocycles. The van der Waals surface area contributed by atoms with Crippen molar-refractivity contribution in [1.82, 2.24) is 0 Å². The summed E-state index contributed by atoms with van der Waals surface area (Å²) in [5.41, 5.74) is -0.915. The number of aliphatic hydroxyl groups is 2. The molecule has 1 aliphatic rings. The SMILES string of the molecule is CCC1(CC)C(=O)COC1(O)CO. The van der Waals surface area contributed by atoms with Crippen LogP contribution in [-0.4, -0.2) is 35.0 Å². The lowest BCUT2D eigenvalue weighted by atomic mass is 9.73. The number of ketones is 1. The van der Waals surface area contributed by atoms with Gasteiger partial charge < -0.3 is 14.9 Å². The summed E-state index contributed by atoms with van der Waals surface area (Å²) in [7, 11) is 0. The number of Topliss-reactive ketones (excluding diaryl/α,β-unsaturated/α-hetero) is 1. The van der Waals surface area contributed by atoms with Crippen LogP contribution in [0.3, 0.4) is 0 Å². The summed E-state index contributed by atoms with van der Waals surface area (Å²) in [6.45, 7) is 3.01. The van der Waals surface area contributed by atoms with Gasteiger partial charge in [0, 0.05) is 0 Å². The number of ether oxygens (including phenoxy) is 1. The number of carbonyl (C=O) groups excluding carboxylic acids is 1. The third-order valence-electron chi connectivity index (χ3n) is 3.14. The Balaban J connectivity index is 3.06. The van der Waals surface area contributed by atoms with Crippen LogP contribution in [-0.2, 0) is 9.53 Å². The van der Waals surface area contributed by atoms with E-state index < -0.39 is 17.8 Å². The lowest BCUT2D eigenvalue weighted by Gasteiger charge is -2.36. The van der Waals surface area contributed by atoms with E-state index in [0.29, 0.717) is 12.8 Å². The normalized spacial score (nSPS) is 32.5. The summed E-state index contributed by atoms with van der Waals surface area (Å²) in [5.74, 6) is -1.79. The van der Waals surface area contributed by atoms with Gasteiger partial charge in [0.1, 0.15) is 6.61 Å². The van der Waals surface area contributed by atoms with Crippen molar-refractivity contribution in [2.75, 3.05) is 13.2 Å². The zero-order chi connectivity index (χ0) is 10.1. The first-order valence-corrected chi connectivity index (χ1v) is 4.57. The lowest BCUT2D eigenvalue weighted by Crippen LogP contribution is -2.50. The molecule has 0 radical (unpaired) electrons. The molecule has 1 fully saturated rings. The largest absolute Gasteiger partial charge is 0.391 e. The van der Waals surface area contributed by atoms with Crippen LogP contribution in [0.2, 0.25) is 0 Å². The zero-order valence-electron chi connectivity index (χ0n) is 8.04. The summed E-state index contributed by atoms with van der Waals surface area (Å²) >= 11 is 0. The second kappa shape index (κ2) is 3.36. The minimum Gasteiger partial charge on any atom is -0.391 e. The van der Waals surface area contributed by atoms with Crippen LogP contribution in [0.25, 0.3) is 0 Å². The fourth-order valence-electron chi connectivity index (χ4n) is 2.07. The van der Waals surface area contributed by atoms with Gasteiger partial charge in [-0.2, -0.15) is 0 Å². The predicted octanol–water partition coefficient (Wildman–Crippen LogP) is 0.0730. The highest BCUT2D eigenvalue weighted by atomic mass is 16.6. The molecule has 1 heterocycles. The molecule has 0 saturated carbocycles. The first-order valence-electron chi connectivity index (χ1n) is 4.57. The van der Waals surface area contributed by atoms with Gasteiger partial charge in [0.2, 0.25) is 5.79 Å². The molecule has 1 rings (SSSR count). The van der Waals surface area contributed by atoms with Crippen molar-refractivity contribution < 1.29 is 19.7 Å². The number of carbonyl (C=O) groups is 1. The summed E-state index contributed by atoms with van der Waals surface area (Å²) in [5, 5.41) is 18.9. The van der Waals surface area contributed by atoms with Crippen LogP contribution in [0.4, 0.5) is 0 Å². The molecule has 13 heavy (non-hydrogen) atoms. The van der Waals surface area contributed by atoms with Gasteiger partial charge in [-0.25, -0.2) is 0 Å². The maximum atomic E-state index is 11.5. The average Bonchev–Trinajstić information content (AvgIpc) is 2.41. The zero-order valence-corrected chi connectivity index (χ0v) is 8.04. The Hall–Kier alpha value is -0.450. The Labute approximate surface area is 77.5 Å².